The molecule has 0 amide bonds. The van der Waals surface area contributed by atoms with Crippen molar-refractivity contribution in [3.63, 3.8) is 0 Å². The van der Waals surface area contributed by atoms with Gasteiger partial charge in [-0.05, 0) is 54.9 Å². The Morgan fingerprint density at radius 2 is 2.05 bits per heavy atom. The highest BCUT2D eigenvalue weighted by Crippen LogP contribution is 2.61. The summed E-state index contributed by atoms with van der Waals surface area (Å²) >= 11 is 1.64. The number of carbonyl (C=O) groups is 1. The molecule has 0 aliphatic heterocycles. The van der Waals surface area contributed by atoms with Crippen LogP contribution in [0.1, 0.15) is 38.0 Å². The lowest BCUT2D eigenvalue weighted by molar-refractivity contribution is 0.0963. The van der Waals surface area contributed by atoms with E-state index in [4.69, 9.17) is 0 Å². The van der Waals surface area contributed by atoms with Gasteiger partial charge in [-0.3, -0.25) is 4.79 Å². The van der Waals surface area contributed by atoms with Crippen LogP contribution in [0.2, 0.25) is 0 Å². The summed E-state index contributed by atoms with van der Waals surface area (Å²) in [6, 6.07) is 12.7. The van der Waals surface area contributed by atoms with Crippen LogP contribution in [0.15, 0.2) is 36.4 Å². The normalized spacial score (nSPS) is 27.5. The van der Waals surface area contributed by atoms with Crippen LogP contribution >= 0.6 is 11.3 Å². The fraction of sp³-hybridized carbons (Fsp3) is 0.353. The number of Topliss-reactive ketones (excluding diaryl/α,β-unsaturated/α-hetero) is 1. The maximum atomic E-state index is 12.6. The molecule has 19 heavy (non-hydrogen) atoms. The molecule has 96 valence electrons. The molecule has 1 fully saturated rings. The van der Waals surface area contributed by atoms with Crippen molar-refractivity contribution in [3.8, 4) is 0 Å². The minimum atomic E-state index is 0.252. The van der Waals surface area contributed by atoms with Crippen molar-refractivity contribution < 1.29 is 4.79 Å². The number of hydrogen-bond acceptors (Lipinski definition) is 2. The zero-order valence-corrected chi connectivity index (χ0v) is 11.7. The number of benzene rings is 1. The van der Waals surface area contributed by atoms with Gasteiger partial charge in [-0.25, -0.2) is 0 Å². The first-order valence-electron chi connectivity index (χ1n) is 6.94. The molecule has 0 bridgehead atoms. The van der Waals surface area contributed by atoms with Gasteiger partial charge in [0, 0.05) is 10.8 Å². The van der Waals surface area contributed by atoms with E-state index < -0.39 is 0 Å². The molecule has 0 spiro atoms. The summed E-state index contributed by atoms with van der Waals surface area (Å²) in [7, 11) is 0. The SMILES string of the molecule is Cc1ccc(C(=O)C2C3CCc4ccccc4C32)s1. The lowest BCUT2D eigenvalue weighted by atomic mass is 9.92. The molecule has 2 heteroatoms. The monoisotopic (exact) mass is 268 g/mol. The van der Waals surface area contributed by atoms with Gasteiger partial charge in [-0.15, -0.1) is 11.3 Å². The molecule has 1 nitrogen and oxygen atoms in total. The molecule has 0 saturated heterocycles. The summed E-state index contributed by atoms with van der Waals surface area (Å²) in [6.45, 7) is 2.07. The summed E-state index contributed by atoms with van der Waals surface area (Å²) in [5.41, 5.74) is 2.90. The standard InChI is InChI=1S/C17H16OS/c1-10-6-9-14(19-10)17(18)16-13-8-7-11-4-2-3-5-12(11)15(13)16/h2-6,9,13,15-16H,7-8H2,1H3. The average molecular weight is 268 g/mol. The predicted octanol–water partition coefficient (Wildman–Crippen LogP) is 4.22. The summed E-state index contributed by atoms with van der Waals surface area (Å²) in [5, 5.41) is 0. The maximum absolute atomic E-state index is 12.6. The Kier molecular flexibility index (Phi) is 2.43. The first-order chi connectivity index (χ1) is 9.25. The van der Waals surface area contributed by atoms with E-state index in [1.165, 1.54) is 22.4 Å². The third-order valence-corrected chi connectivity index (χ3v) is 5.63. The third kappa shape index (κ3) is 1.70. The van der Waals surface area contributed by atoms with Crippen molar-refractivity contribution in [3.05, 3.63) is 57.3 Å². The first-order valence-corrected chi connectivity index (χ1v) is 7.76. The minimum absolute atomic E-state index is 0.252. The first kappa shape index (κ1) is 11.4. The molecule has 3 unspecified atom stereocenters. The Balaban J connectivity index is 1.65. The zero-order valence-electron chi connectivity index (χ0n) is 10.9. The van der Waals surface area contributed by atoms with Gasteiger partial charge in [-0.1, -0.05) is 24.3 Å². The van der Waals surface area contributed by atoms with Gasteiger partial charge in [0.15, 0.2) is 5.78 Å². The van der Waals surface area contributed by atoms with Crippen LogP contribution in [0.4, 0.5) is 0 Å². The van der Waals surface area contributed by atoms with Gasteiger partial charge in [0.25, 0.3) is 0 Å². The molecule has 1 aromatic carbocycles. The van der Waals surface area contributed by atoms with Crippen molar-refractivity contribution in [2.45, 2.75) is 25.7 Å². The van der Waals surface area contributed by atoms with Crippen molar-refractivity contribution >= 4 is 17.1 Å². The van der Waals surface area contributed by atoms with Gasteiger partial charge in [0.1, 0.15) is 0 Å². The fourth-order valence-electron chi connectivity index (χ4n) is 3.66. The van der Waals surface area contributed by atoms with E-state index in [9.17, 15) is 4.79 Å². The summed E-state index contributed by atoms with van der Waals surface area (Å²) < 4.78 is 0. The quantitative estimate of drug-likeness (QED) is 0.745. The topological polar surface area (TPSA) is 17.1 Å². The average Bonchev–Trinajstić information content (AvgIpc) is 3.03. The lowest BCUT2D eigenvalue weighted by Gasteiger charge is -2.13. The second-order valence-electron chi connectivity index (χ2n) is 5.73. The van der Waals surface area contributed by atoms with Crippen LogP contribution in [0.25, 0.3) is 0 Å². The van der Waals surface area contributed by atoms with Crippen LogP contribution in [0, 0.1) is 18.8 Å². The van der Waals surface area contributed by atoms with Crippen LogP contribution in [0.5, 0.6) is 0 Å². The molecule has 1 aromatic heterocycles. The molecule has 2 aliphatic rings. The number of aryl methyl sites for hydroxylation is 2. The maximum Gasteiger partial charge on any atom is 0.176 e. The smallest absolute Gasteiger partial charge is 0.176 e. The number of rotatable bonds is 2. The van der Waals surface area contributed by atoms with Crippen molar-refractivity contribution in [1.82, 2.24) is 0 Å². The summed E-state index contributed by atoms with van der Waals surface area (Å²) in [5.74, 6) is 1.73. The van der Waals surface area contributed by atoms with Crippen molar-refractivity contribution in [1.29, 1.82) is 0 Å². The molecule has 3 atom stereocenters. The second-order valence-corrected chi connectivity index (χ2v) is 7.02. The number of thiophene rings is 1. The van der Waals surface area contributed by atoms with Crippen molar-refractivity contribution in [2.75, 3.05) is 0 Å². The lowest BCUT2D eigenvalue weighted by Crippen LogP contribution is -2.01. The Hall–Kier alpha value is -1.41. The molecule has 0 radical (unpaired) electrons. The molecule has 2 aromatic rings. The number of ketones is 1. The number of carbonyl (C=O) groups excluding carboxylic acids is 1. The molecule has 4 rings (SSSR count). The molecule has 1 saturated carbocycles. The summed E-state index contributed by atoms with van der Waals surface area (Å²) in [6.07, 6.45) is 2.33. The van der Waals surface area contributed by atoms with Gasteiger partial charge in [0.2, 0.25) is 0 Å². The zero-order chi connectivity index (χ0) is 13.0. The Morgan fingerprint density at radius 3 is 2.84 bits per heavy atom. The van der Waals surface area contributed by atoms with E-state index in [1.54, 1.807) is 11.3 Å². The number of hydrogen-bond donors (Lipinski definition) is 0. The fourth-order valence-corrected chi connectivity index (χ4v) is 4.51. The van der Waals surface area contributed by atoms with Crippen LogP contribution in [-0.4, -0.2) is 5.78 Å². The minimum Gasteiger partial charge on any atom is -0.293 e. The molecular formula is C17H16OS. The molecular weight excluding hydrogens is 252 g/mol. The van der Waals surface area contributed by atoms with Crippen LogP contribution in [-0.2, 0) is 6.42 Å². The Morgan fingerprint density at radius 1 is 1.21 bits per heavy atom. The van der Waals surface area contributed by atoms with E-state index in [0.717, 1.165) is 11.3 Å². The highest BCUT2D eigenvalue weighted by atomic mass is 32.1. The molecule has 2 aliphatic carbocycles. The third-order valence-electron chi connectivity index (χ3n) is 4.62. The van der Waals surface area contributed by atoms with Gasteiger partial charge >= 0.3 is 0 Å². The summed E-state index contributed by atoms with van der Waals surface area (Å²) in [4.78, 5) is 14.8. The second kappa shape index (κ2) is 4.04. The van der Waals surface area contributed by atoms with Gasteiger partial charge in [-0.2, -0.15) is 0 Å². The van der Waals surface area contributed by atoms with E-state index in [-0.39, 0.29) is 5.92 Å². The highest BCUT2D eigenvalue weighted by Gasteiger charge is 2.56. The van der Waals surface area contributed by atoms with Crippen molar-refractivity contribution in [2.24, 2.45) is 11.8 Å². The highest BCUT2D eigenvalue weighted by molar-refractivity contribution is 7.14. The van der Waals surface area contributed by atoms with E-state index in [0.29, 0.717) is 17.6 Å². The van der Waals surface area contributed by atoms with E-state index in [2.05, 4.69) is 37.3 Å². The Labute approximate surface area is 117 Å². The van der Waals surface area contributed by atoms with Gasteiger partial charge < -0.3 is 0 Å². The number of fused-ring (bicyclic) bond motifs is 3. The largest absolute Gasteiger partial charge is 0.293 e. The van der Waals surface area contributed by atoms with Crippen LogP contribution < -0.4 is 0 Å². The van der Waals surface area contributed by atoms with Gasteiger partial charge in [0.05, 0.1) is 4.88 Å². The van der Waals surface area contributed by atoms with E-state index in [1.807, 2.05) is 6.07 Å². The van der Waals surface area contributed by atoms with Crippen LogP contribution in [0.3, 0.4) is 0 Å². The predicted molar refractivity (Wildman–Crippen MR) is 77.9 cm³/mol. The molecule has 1 heterocycles. The molecule has 0 N–H and O–H groups in total. The Bertz CT molecular complexity index is 655. The van der Waals surface area contributed by atoms with E-state index >= 15 is 0 Å².